The number of anilines is 1. The van der Waals surface area contributed by atoms with Crippen LogP contribution >= 0.6 is 0 Å². The lowest BCUT2D eigenvalue weighted by molar-refractivity contribution is -0.384. The molecule has 0 amide bonds. The number of hydrogen-bond acceptors (Lipinski definition) is 7. The van der Waals surface area contributed by atoms with Crippen molar-refractivity contribution in [3.8, 4) is 0 Å². The molecule has 21 heavy (non-hydrogen) atoms. The molecule has 1 saturated heterocycles. The number of hydrogen-bond donors (Lipinski definition) is 4. The van der Waals surface area contributed by atoms with Gasteiger partial charge < -0.3 is 25.4 Å². The number of aryl methyl sites for hydroxylation is 1. The molecule has 0 saturated carbocycles. The summed E-state index contributed by atoms with van der Waals surface area (Å²) < 4.78 is 5.36. The smallest absolute Gasteiger partial charge is 0.292 e. The van der Waals surface area contributed by atoms with E-state index in [0.29, 0.717) is 0 Å². The van der Waals surface area contributed by atoms with Gasteiger partial charge in [0.25, 0.3) is 5.69 Å². The Kier molecular flexibility index (Phi) is 4.43. The Labute approximate surface area is 121 Å². The van der Waals surface area contributed by atoms with Crippen LogP contribution in [0.4, 0.5) is 11.4 Å². The molecule has 0 spiro atoms. The Hall–Kier alpha value is -1.74. The first-order valence-electron chi connectivity index (χ1n) is 6.52. The van der Waals surface area contributed by atoms with Crippen molar-refractivity contribution in [2.24, 2.45) is 0 Å². The highest BCUT2D eigenvalue weighted by Gasteiger charge is 2.42. The van der Waals surface area contributed by atoms with Gasteiger partial charge in [-0.2, -0.15) is 0 Å². The zero-order valence-corrected chi connectivity index (χ0v) is 11.6. The number of ether oxygens (including phenoxy) is 1. The molecule has 1 heterocycles. The average Bonchev–Trinajstić information content (AvgIpc) is 2.44. The second-order valence-corrected chi connectivity index (χ2v) is 5.16. The molecule has 1 aliphatic heterocycles. The summed E-state index contributed by atoms with van der Waals surface area (Å²) in [6.45, 7) is 3.27. The van der Waals surface area contributed by atoms with E-state index >= 15 is 0 Å². The fourth-order valence-electron chi connectivity index (χ4n) is 2.24. The standard InChI is InChI=1S/C13H18N2O6/c1-6-3-4-8(9(5-6)15(19)20)14-13-12(18)11(17)10(16)7(2)21-13/h3-5,7,10-14,16-18H,1-2H3/t7-,10-,11-,12+,13+/m1/s1. The van der Waals surface area contributed by atoms with Gasteiger partial charge in [-0.25, -0.2) is 0 Å². The molecule has 1 aliphatic rings. The van der Waals surface area contributed by atoms with Crippen LogP contribution in [0.2, 0.25) is 0 Å². The first-order valence-corrected chi connectivity index (χ1v) is 6.52. The number of aliphatic hydroxyl groups excluding tert-OH is 3. The van der Waals surface area contributed by atoms with Crippen LogP contribution in [0.15, 0.2) is 18.2 Å². The van der Waals surface area contributed by atoms with E-state index in [0.717, 1.165) is 5.56 Å². The summed E-state index contributed by atoms with van der Waals surface area (Å²) in [6, 6.07) is 4.58. The lowest BCUT2D eigenvalue weighted by Crippen LogP contribution is -2.58. The number of nitrogens with one attached hydrogen (secondary N) is 1. The molecule has 4 N–H and O–H groups in total. The van der Waals surface area contributed by atoms with Gasteiger partial charge in [0.1, 0.15) is 24.0 Å². The fourth-order valence-corrected chi connectivity index (χ4v) is 2.24. The molecular weight excluding hydrogens is 280 g/mol. The summed E-state index contributed by atoms with van der Waals surface area (Å²) in [6.07, 6.45) is -5.79. The van der Waals surface area contributed by atoms with E-state index in [1.165, 1.54) is 19.1 Å². The van der Waals surface area contributed by atoms with E-state index in [2.05, 4.69) is 5.32 Å². The first-order chi connectivity index (χ1) is 9.81. The fraction of sp³-hybridized carbons (Fsp3) is 0.538. The average molecular weight is 298 g/mol. The molecule has 8 nitrogen and oxygen atoms in total. The molecule has 0 unspecified atom stereocenters. The van der Waals surface area contributed by atoms with Crippen molar-refractivity contribution in [2.75, 3.05) is 5.32 Å². The topological polar surface area (TPSA) is 125 Å². The van der Waals surface area contributed by atoms with Crippen LogP contribution in [-0.4, -0.2) is 50.9 Å². The molecular formula is C13H18N2O6. The van der Waals surface area contributed by atoms with Gasteiger partial charge in [-0.15, -0.1) is 0 Å². The highest BCUT2D eigenvalue weighted by Crippen LogP contribution is 2.29. The van der Waals surface area contributed by atoms with E-state index in [1.807, 2.05) is 0 Å². The van der Waals surface area contributed by atoms with Crippen LogP contribution in [0, 0.1) is 17.0 Å². The molecule has 1 aromatic rings. The summed E-state index contributed by atoms with van der Waals surface area (Å²) in [5.41, 5.74) is 0.741. The van der Waals surface area contributed by atoms with E-state index in [4.69, 9.17) is 4.74 Å². The monoisotopic (exact) mass is 298 g/mol. The van der Waals surface area contributed by atoms with Crippen LogP contribution in [0.5, 0.6) is 0 Å². The van der Waals surface area contributed by atoms with E-state index in [-0.39, 0.29) is 11.4 Å². The quantitative estimate of drug-likeness (QED) is 0.462. The van der Waals surface area contributed by atoms with Crippen LogP contribution in [0.25, 0.3) is 0 Å². The minimum atomic E-state index is -1.41. The van der Waals surface area contributed by atoms with Gasteiger partial charge in [-0.3, -0.25) is 10.1 Å². The summed E-state index contributed by atoms with van der Waals surface area (Å²) in [5.74, 6) is 0. The van der Waals surface area contributed by atoms with Crippen molar-refractivity contribution in [3.05, 3.63) is 33.9 Å². The predicted octanol–water partition coefficient (Wildman–Crippen LogP) is 0.143. The summed E-state index contributed by atoms with van der Waals surface area (Å²) in [4.78, 5) is 10.5. The van der Waals surface area contributed by atoms with E-state index in [1.54, 1.807) is 13.0 Å². The van der Waals surface area contributed by atoms with Gasteiger partial charge in [0, 0.05) is 6.07 Å². The summed E-state index contributed by atoms with van der Waals surface area (Å²) in [7, 11) is 0. The van der Waals surface area contributed by atoms with Crippen molar-refractivity contribution in [3.63, 3.8) is 0 Å². The van der Waals surface area contributed by atoms with E-state index < -0.39 is 35.6 Å². The zero-order valence-electron chi connectivity index (χ0n) is 11.6. The Bertz CT molecular complexity index is 537. The van der Waals surface area contributed by atoms with Crippen LogP contribution in [0.3, 0.4) is 0 Å². The van der Waals surface area contributed by atoms with Crippen molar-refractivity contribution >= 4 is 11.4 Å². The molecule has 0 radical (unpaired) electrons. The lowest BCUT2D eigenvalue weighted by Gasteiger charge is -2.39. The largest absolute Gasteiger partial charge is 0.388 e. The molecule has 8 heteroatoms. The molecule has 116 valence electrons. The van der Waals surface area contributed by atoms with Crippen molar-refractivity contribution in [1.29, 1.82) is 0 Å². The highest BCUT2D eigenvalue weighted by molar-refractivity contribution is 5.62. The van der Waals surface area contributed by atoms with E-state index in [9.17, 15) is 25.4 Å². The van der Waals surface area contributed by atoms with Gasteiger partial charge >= 0.3 is 0 Å². The Balaban J connectivity index is 2.24. The van der Waals surface area contributed by atoms with Crippen molar-refractivity contribution in [1.82, 2.24) is 0 Å². The SMILES string of the molecule is Cc1ccc(N[C@H]2O[C@H](C)[C@@H](O)[C@@H](O)[C@@H]2O)c([N+](=O)[O-])c1. The van der Waals surface area contributed by atoms with Gasteiger partial charge in [0.05, 0.1) is 11.0 Å². The van der Waals surface area contributed by atoms with Gasteiger partial charge in [0.2, 0.25) is 0 Å². The zero-order chi connectivity index (χ0) is 15.7. The van der Waals surface area contributed by atoms with Gasteiger partial charge in [-0.1, -0.05) is 6.07 Å². The van der Waals surface area contributed by atoms with Crippen molar-refractivity contribution in [2.45, 2.75) is 44.5 Å². The molecule has 1 fully saturated rings. The minimum Gasteiger partial charge on any atom is -0.388 e. The highest BCUT2D eigenvalue weighted by atomic mass is 16.6. The third-order valence-electron chi connectivity index (χ3n) is 3.50. The lowest BCUT2D eigenvalue weighted by atomic mass is 9.99. The number of nitro benzene ring substituents is 1. The third-order valence-corrected chi connectivity index (χ3v) is 3.50. The molecule has 2 rings (SSSR count). The number of aliphatic hydroxyl groups is 3. The maximum atomic E-state index is 11.1. The number of nitro groups is 1. The Morgan fingerprint density at radius 3 is 2.52 bits per heavy atom. The van der Waals surface area contributed by atoms with Gasteiger partial charge in [0.15, 0.2) is 6.23 Å². The maximum absolute atomic E-state index is 11.1. The normalized spacial score (nSPS) is 32.7. The summed E-state index contributed by atoms with van der Waals surface area (Å²) in [5, 5.41) is 43.0. The Morgan fingerprint density at radius 1 is 1.24 bits per heavy atom. The Morgan fingerprint density at radius 2 is 1.90 bits per heavy atom. The van der Waals surface area contributed by atoms with Gasteiger partial charge in [-0.05, 0) is 25.5 Å². The van der Waals surface area contributed by atoms with Crippen LogP contribution in [0.1, 0.15) is 12.5 Å². The third kappa shape index (κ3) is 3.13. The second kappa shape index (κ2) is 5.94. The van der Waals surface area contributed by atoms with Crippen LogP contribution in [-0.2, 0) is 4.74 Å². The molecule has 0 bridgehead atoms. The van der Waals surface area contributed by atoms with Crippen LogP contribution < -0.4 is 5.32 Å². The molecule has 1 aromatic carbocycles. The molecule has 0 aliphatic carbocycles. The maximum Gasteiger partial charge on any atom is 0.292 e. The predicted molar refractivity (Wildman–Crippen MR) is 73.8 cm³/mol. The number of rotatable bonds is 3. The molecule has 5 atom stereocenters. The second-order valence-electron chi connectivity index (χ2n) is 5.16. The number of benzene rings is 1. The number of nitrogens with zero attached hydrogens (tertiary/aromatic N) is 1. The summed E-state index contributed by atoms with van der Waals surface area (Å²) >= 11 is 0. The van der Waals surface area contributed by atoms with Crippen molar-refractivity contribution < 1.29 is 25.0 Å². The molecule has 0 aromatic heterocycles. The first kappa shape index (κ1) is 15.6. The minimum absolute atomic E-state index is 0.154.